The van der Waals surface area contributed by atoms with Crippen LogP contribution >= 0.6 is 0 Å². The van der Waals surface area contributed by atoms with Crippen LogP contribution in [0.5, 0.6) is 0 Å². The zero-order valence-electron chi connectivity index (χ0n) is 12.7. The van der Waals surface area contributed by atoms with Crippen LogP contribution in [-0.2, 0) is 18.3 Å². The van der Waals surface area contributed by atoms with E-state index in [2.05, 4.69) is 61.5 Å². The number of allylic oxidation sites excluding steroid dienone is 2. The van der Waals surface area contributed by atoms with Gasteiger partial charge >= 0.3 is 0 Å². The summed E-state index contributed by atoms with van der Waals surface area (Å²) in [6, 6.07) is 18.0. The SMILES string of the molecule is C[C@]1(CC2=CCCc3ccccc32)CCc2ccccc21. The molecular weight excluding hydrogens is 252 g/mol. The van der Waals surface area contributed by atoms with Crippen molar-refractivity contribution in [3.63, 3.8) is 0 Å². The molecule has 0 saturated carbocycles. The van der Waals surface area contributed by atoms with Crippen LogP contribution in [0.3, 0.4) is 0 Å². The lowest BCUT2D eigenvalue weighted by Crippen LogP contribution is -2.19. The van der Waals surface area contributed by atoms with Gasteiger partial charge in [0, 0.05) is 0 Å². The zero-order chi connectivity index (χ0) is 14.3. The monoisotopic (exact) mass is 274 g/mol. The Labute approximate surface area is 127 Å². The molecule has 1 atom stereocenters. The van der Waals surface area contributed by atoms with Crippen LogP contribution in [0.1, 0.15) is 48.4 Å². The summed E-state index contributed by atoms with van der Waals surface area (Å²) in [4.78, 5) is 0. The molecule has 21 heavy (non-hydrogen) atoms. The molecule has 4 rings (SSSR count). The summed E-state index contributed by atoms with van der Waals surface area (Å²) in [7, 11) is 0. The van der Waals surface area contributed by atoms with Crippen molar-refractivity contribution in [2.75, 3.05) is 0 Å². The fourth-order valence-electron chi connectivity index (χ4n) is 4.21. The molecule has 0 amide bonds. The van der Waals surface area contributed by atoms with Gasteiger partial charge in [0.25, 0.3) is 0 Å². The molecule has 0 bridgehead atoms. The molecule has 0 nitrogen and oxygen atoms in total. The average molecular weight is 274 g/mol. The number of hydrogen-bond donors (Lipinski definition) is 0. The molecule has 0 spiro atoms. The van der Waals surface area contributed by atoms with E-state index in [9.17, 15) is 0 Å². The second-order valence-corrected chi connectivity index (χ2v) is 6.82. The van der Waals surface area contributed by atoms with Gasteiger partial charge in [0.15, 0.2) is 0 Å². The molecule has 0 radical (unpaired) electrons. The Hall–Kier alpha value is -1.82. The molecule has 0 aromatic heterocycles. The fraction of sp³-hybridized carbons (Fsp3) is 0.333. The second kappa shape index (κ2) is 4.87. The van der Waals surface area contributed by atoms with E-state index >= 15 is 0 Å². The average Bonchev–Trinajstić information content (AvgIpc) is 2.86. The molecule has 2 aromatic carbocycles. The van der Waals surface area contributed by atoms with Crippen LogP contribution in [0.15, 0.2) is 54.6 Å². The summed E-state index contributed by atoms with van der Waals surface area (Å²) in [6.07, 6.45) is 8.58. The first-order valence-electron chi connectivity index (χ1n) is 8.12. The highest BCUT2D eigenvalue weighted by atomic mass is 14.4. The van der Waals surface area contributed by atoms with Gasteiger partial charge in [0.05, 0.1) is 0 Å². The molecular formula is C21H22. The number of aryl methyl sites for hydroxylation is 2. The van der Waals surface area contributed by atoms with E-state index in [-0.39, 0.29) is 0 Å². The van der Waals surface area contributed by atoms with Gasteiger partial charge in [0.1, 0.15) is 0 Å². The quantitative estimate of drug-likeness (QED) is 0.696. The third kappa shape index (κ3) is 2.14. The van der Waals surface area contributed by atoms with Crippen molar-refractivity contribution in [2.45, 2.75) is 44.4 Å². The first-order chi connectivity index (χ1) is 10.3. The van der Waals surface area contributed by atoms with Gasteiger partial charge in [-0.2, -0.15) is 0 Å². The molecule has 2 aromatic rings. The minimum atomic E-state index is 0.312. The fourth-order valence-corrected chi connectivity index (χ4v) is 4.21. The first kappa shape index (κ1) is 12.9. The van der Waals surface area contributed by atoms with Crippen molar-refractivity contribution in [1.82, 2.24) is 0 Å². The lowest BCUT2D eigenvalue weighted by atomic mass is 9.75. The van der Waals surface area contributed by atoms with E-state index < -0.39 is 0 Å². The van der Waals surface area contributed by atoms with Crippen molar-refractivity contribution in [2.24, 2.45) is 0 Å². The third-order valence-corrected chi connectivity index (χ3v) is 5.36. The maximum absolute atomic E-state index is 2.48. The van der Waals surface area contributed by atoms with Crippen molar-refractivity contribution in [3.8, 4) is 0 Å². The number of benzene rings is 2. The first-order valence-corrected chi connectivity index (χ1v) is 8.12. The van der Waals surface area contributed by atoms with E-state index in [1.54, 1.807) is 16.7 Å². The summed E-state index contributed by atoms with van der Waals surface area (Å²) in [5.41, 5.74) is 8.04. The second-order valence-electron chi connectivity index (χ2n) is 6.82. The maximum atomic E-state index is 2.48. The molecule has 106 valence electrons. The van der Waals surface area contributed by atoms with Gasteiger partial charge in [-0.25, -0.2) is 0 Å². The van der Waals surface area contributed by atoms with Gasteiger partial charge in [-0.3, -0.25) is 0 Å². The Bertz CT molecular complexity index is 707. The summed E-state index contributed by atoms with van der Waals surface area (Å²) in [5.74, 6) is 0. The zero-order valence-corrected chi connectivity index (χ0v) is 12.7. The molecule has 0 fully saturated rings. The summed E-state index contributed by atoms with van der Waals surface area (Å²) < 4.78 is 0. The van der Waals surface area contributed by atoms with E-state index in [4.69, 9.17) is 0 Å². The van der Waals surface area contributed by atoms with Gasteiger partial charge in [-0.15, -0.1) is 0 Å². The van der Waals surface area contributed by atoms with Crippen molar-refractivity contribution in [1.29, 1.82) is 0 Å². The van der Waals surface area contributed by atoms with E-state index in [0.29, 0.717) is 5.41 Å². The van der Waals surface area contributed by atoms with Gasteiger partial charge in [0.2, 0.25) is 0 Å². The summed E-state index contributed by atoms with van der Waals surface area (Å²) in [6.45, 7) is 2.46. The molecule has 0 aliphatic heterocycles. The van der Waals surface area contributed by atoms with Crippen LogP contribution in [0.2, 0.25) is 0 Å². The third-order valence-electron chi connectivity index (χ3n) is 5.36. The Morgan fingerprint density at radius 2 is 1.67 bits per heavy atom. The van der Waals surface area contributed by atoms with Gasteiger partial charge in [-0.05, 0) is 65.3 Å². The van der Waals surface area contributed by atoms with Crippen LogP contribution in [-0.4, -0.2) is 0 Å². The van der Waals surface area contributed by atoms with E-state index in [1.165, 1.54) is 43.2 Å². The van der Waals surface area contributed by atoms with Crippen LogP contribution < -0.4 is 0 Å². The van der Waals surface area contributed by atoms with Crippen LogP contribution in [0, 0.1) is 0 Å². The lowest BCUT2D eigenvalue weighted by Gasteiger charge is -2.29. The normalized spacial score (nSPS) is 23.4. The molecule has 0 saturated heterocycles. The Balaban J connectivity index is 1.70. The van der Waals surface area contributed by atoms with Crippen molar-refractivity contribution >= 4 is 5.57 Å². The van der Waals surface area contributed by atoms with Crippen LogP contribution in [0.4, 0.5) is 0 Å². The number of rotatable bonds is 2. The Morgan fingerprint density at radius 1 is 0.905 bits per heavy atom. The lowest BCUT2D eigenvalue weighted by molar-refractivity contribution is 0.481. The van der Waals surface area contributed by atoms with Gasteiger partial charge in [-0.1, -0.05) is 61.5 Å². The predicted octanol–water partition coefficient (Wildman–Crippen LogP) is 5.31. The minimum absolute atomic E-state index is 0.312. The van der Waals surface area contributed by atoms with E-state index in [1.807, 2.05) is 0 Å². The van der Waals surface area contributed by atoms with Gasteiger partial charge < -0.3 is 0 Å². The minimum Gasteiger partial charge on any atom is -0.0803 e. The highest BCUT2D eigenvalue weighted by molar-refractivity contribution is 5.71. The molecule has 0 heteroatoms. The molecule has 2 aliphatic carbocycles. The Kier molecular flexibility index (Phi) is 2.99. The topological polar surface area (TPSA) is 0 Å². The molecule has 2 aliphatic rings. The van der Waals surface area contributed by atoms with E-state index in [0.717, 1.165) is 0 Å². The maximum Gasteiger partial charge on any atom is -0.00289 e. The van der Waals surface area contributed by atoms with Crippen molar-refractivity contribution in [3.05, 3.63) is 76.9 Å². The number of fused-ring (bicyclic) bond motifs is 2. The largest absolute Gasteiger partial charge is 0.0803 e. The van der Waals surface area contributed by atoms with Crippen LogP contribution in [0.25, 0.3) is 5.57 Å². The summed E-state index contributed by atoms with van der Waals surface area (Å²) >= 11 is 0. The highest BCUT2D eigenvalue weighted by Crippen LogP contribution is 2.45. The summed E-state index contributed by atoms with van der Waals surface area (Å²) in [5, 5.41) is 0. The molecule has 0 N–H and O–H groups in total. The predicted molar refractivity (Wildman–Crippen MR) is 89.5 cm³/mol. The Morgan fingerprint density at radius 3 is 2.57 bits per heavy atom. The highest BCUT2D eigenvalue weighted by Gasteiger charge is 2.35. The standard InChI is InChI=1S/C21H22/c1-21(14-13-17-8-3-5-12-20(17)21)15-18-10-6-9-16-7-2-4-11-19(16)18/h2-5,7-8,10-12H,6,9,13-15H2,1H3/t21-/m1/s1. The molecule has 0 unspecified atom stereocenters. The van der Waals surface area contributed by atoms with Crippen molar-refractivity contribution < 1.29 is 0 Å². The molecule has 0 heterocycles. The smallest absolute Gasteiger partial charge is 0.00289 e. The number of hydrogen-bond acceptors (Lipinski definition) is 0.